The van der Waals surface area contributed by atoms with Gasteiger partial charge in [-0.15, -0.1) is 0 Å². The summed E-state index contributed by atoms with van der Waals surface area (Å²) in [5, 5.41) is 69.3. The Labute approximate surface area is 179 Å². The molecule has 0 aromatic heterocycles. The summed E-state index contributed by atoms with van der Waals surface area (Å²) in [5.74, 6) is -1.51. The molecule has 0 radical (unpaired) electrons. The minimum atomic E-state index is -1.72. The van der Waals surface area contributed by atoms with Crippen molar-refractivity contribution in [3.63, 3.8) is 0 Å². The number of aliphatic hydroxyl groups is 4. The van der Waals surface area contributed by atoms with E-state index in [1.165, 1.54) is 18.2 Å². The Hall–Kier alpha value is -3.35. The maximum Gasteiger partial charge on any atom is 0.229 e. The van der Waals surface area contributed by atoms with Crippen molar-refractivity contribution in [3.05, 3.63) is 46.6 Å². The van der Waals surface area contributed by atoms with E-state index in [-0.39, 0.29) is 28.4 Å². The number of fused-ring (bicyclic) bond motifs is 1. The minimum absolute atomic E-state index is 0.0151. The predicted molar refractivity (Wildman–Crippen MR) is 106 cm³/mol. The molecule has 7 N–H and O–H groups in total. The molecule has 0 amide bonds. The van der Waals surface area contributed by atoms with Crippen LogP contribution in [0.4, 0.5) is 0 Å². The van der Waals surface area contributed by atoms with Gasteiger partial charge in [-0.2, -0.15) is 0 Å². The highest BCUT2D eigenvalue weighted by Crippen LogP contribution is 2.43. The van der Waals surface area contributed by atoms with Gasteiger partial charge in [-0.1, -0.05) is 0 Å². The lowest BCUT2D eigenvalue weighted by Crippen LogP contribution is -2.60. The third kappa shape index (κ3) is 3.83. The van der Waals surface area contributed by atoms with Gasteiger partial charge in [0.25, 0.3) is 0 Å². The summed E-state index contributed by atoms with van der Waals surface area (Å²) in [6, 6.07) is 7.08. The van der Waals surface area contributed by atoms with Crippen molar-refractivity contribution in [1.82, 2.24) is 0 Å². The molecular formula is C21H20O11. The molecule has 0 spiro atoms. The molecule has 11 nitrogen and oxygen atoms in total. The SMILES string of the molecule is O=c1cc2oc(-c3ccc(O)c(O)c3)c(O[C@@H]3O[C@H](CO)[C@H](O)[C@H](O)[C@H]3O)cc-2c(O)c1. The third-order valence-electron chi connectivity index (χ3n) is 5.13. The van der Waals surface area contributed by atoms with Crippen LogP contribution in [0, 0.1) is 0 Å². The average molecular weight is 448 g/mol. The molecule has 5 atom stereocenters. The second-order valence-electron chi connectivity index (χ2n) is 7.31. The standard InChI is InChI=1S/C21H20O11/c22-7-16-17(27)18(28)19(29)21(32-16)31-15-6-10-12(25)4-9(23)5-14(10)30-20(15)8-1-2-11(24)13(26)3-8/h1-6,16-19,21-22,24-29H,7H2/t16-,17+,18+,19-,21-/m1/s1. The summed E-state index contributed by atoms with van der Waals surface area (Å²) in [4.78, 5) is 11.8. The molecule has 2 heterocycles. The van der Waals surface area contributed by atoms with Gasteiger partial charge >= 0.3 is 0 Å². The zero-order valence-corrected chi connectivity index (χ0v) is 16.3. The smallest absolute Gasteiger partial charge is 0.229 e. The number of aromatic hydroxyl groups is 3. The van der Waals surface area contributed by atoms with Gasteiger partial charge in [0.2, 0.25) is 6.29 Å². The molecular weight excluding hydrogens is 428 g/mol. The summed E-state index contributed by atoms with van der Waals surface area (Å²) < 4.78 is 16.8. The lowest BCUT2D eigenvalue weighted by molar-refractivity contribution is -0.277. The molecule has 4 rings (SSSR count). The first kappa shape index (κ1) is 21.9. The van der Waals surface area contributed by atoms with Crippen LogP contribution in [0.3, 0.4) is 0 Å². The van der Waals surface area contributed by atoms with Crippen molar-refractivity contribution in [1.29, 1.82) is 0 Å². The number of aliphatic hydroxyl groups excluding tert-OH is 4. The van der Waals surface area contributed by atoms with E-state index in [1.54, 1.807) is 0 Å². The Morgan fingerprint density at radius 1 is 0.875 bits per heavy atom. The Kier molecular flexibility index (Phi) is 5.67. The van der Waals surface area contributed by atoms with Crippen LogP contribution >= 0.6 is 0 Å². The van der Waals surface area contributed by atoms with Gasteiger partial charge in [0.05, 0.1) is 12.2 Å². The van der Waals surface area contributed by atoms with Gasteiger partial charge in [0.1, 0.15) is 35.9 Å². The average Bonchev–Trinajstić information content (AvgIpc) is 2.76. The van der Waals surface area contributed by atoms with Gasteiger partial charge in [-0.3, -0.25) is 4.79 Å². The quantitative estimate of drug-likeness (QED) is 0.260. The van der Waals surface area contributed by atoms with Crippen molar-refractivity contribution in [2.75, 3.05) is 6.61 Å². The van der Waals surface area contributed by atoms with Crippen LogP contribution in [0.1, 0.15) is 0 Å². The van der Waals surface area contributed by atoms with Crippen molar-refractivity contribution in [2.45, 2.75) is 30.7 Å². The zero-order valence-electron chi connectivity index (χ0n) is 16.3. The number of hydrogen-bond acceptors (Lipinski definition) is 11. The van der Waals surface area contributed by atoms with E-state index in [9.17, 15) is 40.5 Å². The first-order valence-corrected chi connectivity index (χ1v) is 9.50. The Bertz CT molecular complexity index is 1150. The fourth-order valence-corrected chi connectivity index (χ4v) is 3.42. The second kappa shape index (κ2) is 8.30. The van der Waals surface area contributed by atoms with Gasteiger partial charge in [0.15, 0.2) is 28.4 Å². The van der Waals surface area contributed by atoms with E-state index >= 15 is 0 Å². The highest BCUT2D eigenvalue weighted by Gasteiger charge is 2.45. The predicted octanol–water partition coefficient (Wildman–Crippen LogP) is -0.293. The number of hydrogen-bond donors (Lipinski definition) is 7. The van der Waals surface area contributed by atoms with Gasteiger partial charge in [0, 0.05) is 17.7 Å². The topological polar surface area (TPSA) is 190 Å². The Morgan fingerprint density at radius 3 is 2.31 bits per heavy atom. The summed E-state index contributed by atoms with van der Waals surface area (Å²) in [6.45, 7) is -0.668. The molecule has 1 aromatic carbocycles. The van der Waals surface area contributed by atoms with Crippen molar-refractivity contribution in [2.24, 2.45) is 0 Å². The van der Waals surface area contributed by atoms with Crippen molar-refractivity contribution < 1.29 is 49.6 Å². The molecule has 1 aromatic rings. The van der Waals surface area contributed by atoms with Crippen molar-refractivity contribution >= 4 is 0 Å². The zero-order chi connectivity index (χ0) is 23.2. The normalized spacial score (nSPS) is 25.7. The van der Waals surface area contributed by atoms with Crippen LogP contribution in [0.15, 0.2) is 45.6 Å². The number of benzene rings is 2. The molecule has 0 unspecified atom stereocenters. The van der Waals surface area contributed by atoms with Gasteiger partial charge in [-0.25, -0.2) is 0 Å². The highest BCUT2D eigenvalue weighted by atomic mass is 16.7. The van der Waals surface area contributed by atoms with Crippen LogP contribution in [0.5, 0.6) is 23.0 Å². The van der Waals surface area contributed by atoms with Gasteiger partial charge in [-0.05, 0) is 24.3 Å². The Morgan fingerprint density at radius 2 is 1.62 bits per heavy atom. The molecule has 1 fully saturated rings. The largest absolute Gasteiger partial charge is 0.507 e. The lowest BCUT2D eigenvalue weighted by Gasteiger charge is -2.39. The highest BCUT2D eigenvalue weighted by molar-refractivity contribution is 5.75. The molecule has 0 saturated carbocycles. The molecule has 11 heteroatoms. The summed E-state index contributed by atoms with van der Waals surface area (Å²) >= 11 is 0. The number of rotatable bonds is 4. The lowest BCUT2D eigenvalue weighted by atomic mass is 9.99. The fraction of sp³-hybridized carbons (Fsp3) is 0.286. The number of ether oxygens (including phenoxy) is 2. The van der Waals surface area contributed by atoms with E-state index in [2.05, 4.69) is 0 Å². The molecule has 1 aliphatic carbocycles. The van der Waals surface area contributed by atoms with Crippen molar-refractivity contribution in [3.8, 4) is 45.6 Å². The first-order valence-electron chi connectivity index (χ1n) is 9.50. The number of phenols is 3. The van der Waals surface area contributed by atoms with Crippen LogP contribution in [-0.4, -0.2) is 73.1 Å². The van der Waals surface area contributed by atoms with Crippen LogP contribution < -0.4 is 10.2 Å². The molecule has 170 valence electrons. The number of phenolic OH excluding ortho intramolecular Hbond substituents is 3. The monoisotopic (exact) mass is 448 g/mol. The maximum absolute atomic E-state index is 11.8. The van der Waals surface area contributed by atoms with E-state index in [4.69, 9.17) is 13.9 Å². The summed E-state index contributed by atoms with van der Waals surface area (Å²) in [7, 11) is 0. The van der Waals surface area contributed by atoms with Crippen LogP contribution in [-0.2, 0) is 4.74 Å². The minimum Gasteiger partial charge on any atom is -0.507 e. The van der Waals surface area contributed by atoms with Crippen LogP contribution in [0.25, 0.3) is 22.6 Å². The van der Waals surface area contributed by atoms with E-state index in [1.807, 2.05) is 0 Å². The Balaban J connectivity index is 1.84. The van der Waals surface area contributed by atoms with Crippen LogP contribution in [0.2, 0.25) is 0 Å². The second-order valence-corrected chi connectivity index (χ2v) is 7.31. The first-order chi connectivity index (χ1) is 15.2. The molecule has 0 bridgehead atoms. The summed E-state index contributed by atoms with van der Waals surface area (Å²) in [5.41, 5.74) is -0.255. The van der Waals surface area contributed by atoms with E-state index < -0.39 is 60.0 Å². The maximum atomic E-state index is 11.8. The van der Waals surface area contributed by atoms with Gasteiger partial charge < -0.3 is 49.6 Å². The third-order valence-corrected chi connectivity index (χ3v) is 5.13. The fourth-order valence-electron chi connectivity index (χ4n) is 3.42. The summed E-state index contributed by atoms with van der Waals surface area (Å²) in [6.07, 6.45) is -7.80. The van der Waals surface area contributed by atoms with E-state index in [0.717, 1.165) is 18.2 Å². The molecule has 3 aliphatic rings. The molecule has 32 heavy (non-hydrogen) atoms. The van der Waals surface area contributed by atoms with E-state index in [0.29, 0.717) is 0 Å². The molecule has 1 saturated heterocycles. The molecule has 2 aliphatic heterocycles.